The minimum absolute atomic E-state index is 0.132. The SMILES string of the molecule is O=C1NC(=Nc2cccc(C(F)(F)F)c2)S/C1=C/c1ccc(Br)s1. The Bertz CT molecular complexity index is 858. The number of hydrogen-bond acceptors (Lipinski definition) is 4. The van der Waals surface area contributed by atoms with E-state index in [2.05, 4.69) is 26.2 Å². The lowest BCUT2D eigenvalue weighted by Gasteiger charge is -2.06. The van der Waals surface area contributed by atoms with Gasteiger partial charge in [-0.1, -0.05) is 6.07 Å². The van der Waals surface area contributed by atoms with E-state index in [9.17, 15) is 18.0 Å². The molecule has 2 heterocycles. The molecule has 3 rings (SSSR count). The second-order valence-corrected chi connectivity index (χ2v) is 8.20. The van der Waals surface area contributed by atoms with E-state index in [1.807, 2.05) is 12.1 Å². The topological polar surface area (TPSA) is 41.5 Å². The van der Waals surface area contributed by atoms with Crippen molar-refractivity contribution in [3.8, 4) is 0 Å². The monoisotopic (exact) mass is 432 g/mol. The number of hydrogen-bond donors (Lipinski definition) is 1. The Morgan fingerprint density at radius 1 is 1.21 bits per heavy atom. The number of carbonyl (C=O) groups is 1. The maximum Gasteiger partial charge on any atom is 0.416 e. The zero-order chi connectivity index (χ0) is 17.3. The van der Waals surface area contributed by atoms with Crippen molar-refractivity contribution in [1.82, 2.24) is 5.32 Å². The van der Waals surface area contributed by atoms with Crippen LogP contribution in [-0.4, -0.2) is 11.1 Å². The van der Waals surface area contributed by atoms with Crippen LogP contribution in [0.15, 0.2) is 50.1 Å². The first-order valence-electron chi connectivity index (χ1n) is 6.53. The highest BCUT2D eigenvalue weighted by molar-refractivity contribution is 9.11. The van der Waals surface area contributed by atoms with E-state index in [4.69, 9.17) is 0 Å². The summed E-state index contributed by atoms with van der Waals surface area (Å²) < 4.78 is 39.1. The number of amides is 1. The van der Waals surface area contributed by atoms with Crippen molar-refractivity contribution in [1.29, 1.82) is 0 Å². The molecular formula is C15H8BrF3N2OS2. The number of nitrogens with zero attached hydrogens (tertiary/aromatic N) is 1. The van der Waals surface area contributed by atoms with E-state index in [0.717, 1.165) is 32.6 Å². The first kappa shape index (κ1) is 17.2. The van der Waals surface area contributed by atoms with Crippen LogP contribution in [0.1, 0.15) is 10.4 Å². The molecular weight excluding hydrogens is 425 g/mol. The Labute approximate surface area is 151 Å². The van der Waals surface area contributed by atoms with Gasteiger partial charge in [0.1, 0.15) is 0 Å². The Morgan fingerprint density at radius 3 is 2.67 bits per heavy atom. The van der Waals surface area contributed by atoms with Crippen molar-refractivity contribution >= 4 is 61.9 Å². The highest BCUT2D eigenvalue weighted by atomic mass is 79.9. The summed E-state index contributed by atoms with van der Waals surface area (Å²) in [5.41, 5.74) is -0.648. The molecule has 1 fully saturated rings. The summed E-state index contributed by atoms with van der Waals surface area (Å²) in [5, 5.41) is 2.81. The maximum atomic E-state index is 12.7. The quantitative estimate of drug-likeness (QED) is 0.643. The molecule has 124 valence electrons. The van der Waals surface area contributed by atoms with Crippen LogP contribution in [0.3, 0.4) is 0 Å². The van der Waals surface area contributed by atoms with E-state index >= 15 is 0 Å². The molecule has 0 unspecified atom stereocenters. The van der Waals surface area contributed by atoms with Crippen LogP contribution in [0.2, 0.25) is 0 Å². The summed E-state index contributed by atoms with van der Waals surface area (Å²) in [5.74, 6) is -0.324. The lowest BCUT2D eigenvalue weighted by atomic mass is 10.2. The third-order valence-corrected chi connectivity index (χ3v) is 5.40. The average molecular weight is 433 g/mol. The first-order valence-corrected chi connectivity index (χ1v) is 8.96. The Hall–Kier alpha value is -1.58. The number of aliphatic imine (C=N–C) groups is 1. The largest absolute Gasteiger partial charge is 0.416 e. The highest BCUT2D eigenvalue weighted by Crippen LogP contribution is 2.33. The van der Waals surface area contributed by atoms with Crippen LogP contribution in [0.5, 0.6) is 0 Å². The van der Waals surface area contributed by atoms with Crippen LogP contribution in [0.25, 0.3) is 6.08 Å². The Morgan fingerprint density at radius 2 is 2.00 bits per heavy atom. The van der Waals surface area contributed by atoms with Crippen LogP contribution in [-0.2, 0) is 11.0 Å². The summed E-state index contributed by atoms with van der Waals surface area (Å²) in [7, 11) is 0. The van der Waals surface area contributed by atoms with Crippen molar-refractivity contribution in [2.24, 2.45) is 4.99 Å². The molecule has 0 spiro atoms. The molecule has 0 atom stereocenters. The summed E-state index contributed by atoms with van der Waals surface area (Å²) in [6.07, 6.45) is -2.72. The van der Waals surface area contributed by atoms with E-state index in [1.165, 1.54) is 23.5 Å². The molecule has 3 nitrogen and oxygen atoms in total. The van der Waals surface area contributed by atoms with Gasteiger partial charge in [0.05, 0.1) is 19.9 Å². The van der Waals surface area contributed by atoms with Crippen molar-refractivity contribution in [2.75, 3.05) is 0 Å². The molecule has 24 heavy (non-hydrogen) atoms. The molecule has 1 aliphatic rings. The van der Waals surface area contributed by atoms with Crippen LogP contribution in [0.4, 0.5) is 18.9 Å². The van der Waals surface area contributed by atoms with Gasteiger partial charge in [0.15, 0.2) is 5.17 Å². The van der Waals surface area contributed by atoms with Crippen LogP contribution in [0, 0.1) is 0 Å². The molecule has 1 saturated heterocycles. The summed E-state index contributed by atoms with van der Waals surface area (Å²) in [6.45, 7) is 0. The fraction of sp³-hybridized carbons (Fsp3) is 0.0667. The Kier molecular flexibility index (Phi) is 4.84. The lowest BCUT2D eigenvalue weighted by Crippen LogP contribution is -2.19. The number of thioether (sulfide) groups is 1. The van der Waals surface area contributed by atoms with Gasteiger partial charge in [-0.05, 0) is 64.1 Å². The predicted molar refractivity (Wildman–Crippen MR) is 94.3 cm³/mol. The normalized spacial score (nSPS) is 18.4. The molecule has 0 radical (unpaired) electrons. The number of nitrogens with one attached hydrogen (secondary N) is 1. The average Bonchev–Trinajstić information content (AvgIpc) is 3.05. The third kappa shape index (κ3) is 4.08. The van der Waals surface area contributed by atoms with E-state index in [1.54, 1.807) is 6.08 Å². The second-order valence-electron chi connectivity index (χ2n) is 4.67. The molecule has 1 aromatic carbocycles. The highest BCUT2D eigenvalue weighted by Gasteiger charge is 2.30. The van der Waals surface area contributed by atoms with Gasteiger partial charge in [-0.2, -0.15) is 13.2 Å². The van der Waals surface area contributed by atoms with Gasteiger partial charge in [-0.25, -0.2) is 4.99 Å². The van der Waals surface area contributed by atoms with Gasteiger partial charge in [-0.3, -0.25) is 4.79 Å². The fourth-order valence-corrected chi connectivity index (χ4v) is 4.16. The molecule has 1 N–H and O–H groups in total. The van der Waals surface area contributed by atoms with Crippen LogP contribution < -0.4 is 5.32 Å². The number of rotatable bonds is 2. The number of amidine groups is 1. The fourth-order valence-electron chi connectivity index (χ4n) is 1.88. The second kappa shape index (κ2) is 6.73. The molecule has 9 heteroatoms. The van der Waals surface area contributed by atoms with Crippen molar-refractivity contribution in [2.45, 2.75) is 6.18 Å². The van der Waals surface area contributed by atoms with Gasteiger partial charge in [0.2, 0.25) is 0 Å². The van der Waals surface area contributed by atoms with E-state index in [0.29, 0.717) is 4.91 Å². The lowest BCUT2D eigenvalue weighted by molar-refractivity contribution is -0.137. The Balaban J connectivity index is 1.83. The smallest absolute Gasteiger partial charge is 0.300 e. The number of thiophene rings is 1. The summed E-state index contributed by atoms with van der Waals surface area (Å²) in [4.78, 5) is 17.4. The van der Waals surface area contributed by atoms with Gasteiger partial charge < -0.3 is 5.32 Å². The van der Waals surface area contributed by atoms with E-state index < -0.39 is 11.7 Å². The number of alkyl halides is 3. The van der Waals surface area contributed by atoms with Crippen molar-refractivity contribution in [3.63, 3.8) is 0 Å². The standard InChI is InChI=1S/C15H8BrF3N2OS2/c16-12-5-4-10(23-12)7-11-13(22)21-14(24-11)20-9-3-1-2-8(6-9)15(17,18)19/h1-7H,(H,20,21,22)/b11-7+. The number of halogens is 4. The van der Waals surface area contributed by atoms with Crippen LogP contribution >= 0.6 is 39.0 Å². The first-order chi connectivity index (χ1) is 11.3. The molecule has 1 aliphatic heterocycles. The molecule has 1 amide bonds. The molecule has 0 saturated carbocycles. The van der Waals surface area contributed by atoms with Crippen molar-refractivity contribution in [3.05, 3.63) is 55.5 Å². The zero-order valence-electron chi connectivity index (χ0n) is 11.7. The zero-order valence-corrected chi connectivity index (χ0v) is 14.9. The van der Waals surface area contributed by atoms with Gasteiger partial charge in [-0.15, -0.1) is 11.3 Å². The van der Waals surface area contributed by atoms with E-state index in [-0.39, 0.29) is 16.8 Å². The summed E-state index contributed by atoms with van der Waals surface area (Å²) >= 11 is 5.90. The third-order valence-electron chi connectivity index (χ3n) is 2.92. The molecule has 2 aromatic rings. The van der Waals surface area contributed by atoms with Crippen molar-refractivity contribution < 1.29 is 18.0 Å². The molecule has 1 aromatic heterocycles. The predicted octanol–water partition coefficient (Wildman–Crippen LogP) is 5.42. The van der Waals surface area contributed by atoms with Gasteiger partial charge in [0.25, 0.3) is 5.91 Å². The number of benzene rings is 1. The minimum Gasteiger partial charge on any atom is -0.300 e. The number of carbonyl (C=O) groups excluding carboxylic acids is 1. The van der Waals surface area contributed by atoms with Gasteiger partial charge in [0, 0.05) is 4.88 Å². The maximum absolute atomic E-state index is 12.7. The minimum atomic E-state index is -4.43. The van der Waals surface area contributed by atoms with Gasteiger partial charge >= 0.3 is 6.18 Å². The molecule has 0 aliphatic carbocycles. The summed E-state index contributed by atoms with van der Waals surface area (Å²) in [6, 6.07) is 8.38. The molecule has 0 bridgehead atoms.